The summed E-state index contributed by atoms with van der Waals surface area (Å²) >= 11 is 0. The number of methoxy groups -OCH3 is 1. The molecule has 1 aliphatic heterocycles. The molecule has 9 heteroatoms. The van der Waals surface area contributed by atoms with Crippen molar-refractivity contribution >= 4 is 34.8 Å². The fourth-order valence-corrected chi connectivity index (χ4v) is 3.20. The van der Waals surface area contributed by atoms with Gasteiger partial charge in [-0.25, -0.2) is 0 Å². The van der Waals surface area contributed by atoms with Crippen LogP contribution in [0, 0.1) is 0 Å². The van der Waals surface area contributed by atoms with Crippen LogP contribution in [0.15, 0.2) is 42.5 Å². The van der Waals surface area contributed by atoms with Crippen molar-refractivity contribution in [2.45, 2.75) is 13.0 Å². The molecule has 1 aliphatic rings. The van der Waals surface area contributed by atoms with Gasteiger partial charge in [0.25, 0.3) is 5.91 Å². The van der Waals surface area contributed by atoms with Gasteiger partial charge in [-0.3, -0.25) is 14.4 Å². The molecule has 9 nitrogen and oxygen atoms in total. The molecule has 0 bridgehead atoms. The summed E-state index contributed by atoms with van der Waals surface area (Å²) in [6.45, 7) is 1.63. The Labute approximate surface area is 174 Å². The average Bonchev–Trinajstić information content (AvgIpc) is 2.72. The SMILES string of the molecule is CNC(=O)C1CN(CC(=O)Nc2cc(NC(C)=O)ccc2OC)c2ccccc2O1. The molecule has 1 unspecified atom stereocenters. The van der Waals surface area contributed by atoms with E-state index in [1.165, 1.54) is 21.1 Å². The Balaban J connectivity index is 1.78. The van der Waals surface area contributed by atoms with E-state index in [4.69, 9.17) is 9.47 Å². The molecule has 0 spiro atoms. The van der Waals surface area contributed by atoms with Crippen LogP contribution >= 0.6 is 0 Å². The van der Waals surface area contributed by atoms with E-state index in [0.29, 0.717) is 22.9 Å². The third-order valence-corrected chi connectivity index (χ3v) is 4.53. The number of hydrogen-bond acceptors (Lipinski definition) is 6. The number of hydrogen-bond donors (Lipinski definition) is 3. The van der Waals surface area contributed by atoms with Crippen molar-refractivity contribution in [1.29, 1.82) is 0 Å². The summed E-state index contributed by atoms with van der Waals surface area (Å²) in [6.07, 6.45) is -0.727. The molecule has 3 N–H and O–H groups in total. The summed E-state index contributed by atoms with van der Waals surface area (Å²) in [6, 6.07) is 12.2. The van der Waals surface area contributed by atoms with E-state index in [9.17, 15) is 14.4 Å². The summed E-state index contributed by atoms with van der Waals surface area (Å²) in [7, 11) is 3.03. The molecule has 0 aromatic heterocycles. The zero-order valence-corrected chi connectivity index (χ0v) is 17.0. The highest BCUT2D eigenvalue weighted by atomic mass is 16.5. The summed E-state index contributed by atoms with van der Waals surface area (Å²) in [5.74, 6) is 0.210. The summed E-state index contributed by atoms with van der Waals surface area (Å²) in [4.78, 5) is 38.0. The van der Waals surface area contributed by atoms with Crippen molar-refractivity contribution in [3.8, 4) is 11.5 Å². The minimum absolute atomic E-state index is 0.00138. The number of para-hydroxylation sites is 2. The normalized spacial score (nSPS) is 14.8. The van der Waals surface area contributed by atoms with Crippen molar-refractivity contribution in [3.63, 3.8) is 0 Å². The van der Waals surface area contributed by atoms with Gasteiger partial charge in [-0.1, -0.05) is 12.1 Å². The molecule has 3 rings (SSSR count). The van der Waals surface area contributed by atoms with Gasteiger partial charge in [-0.05, 0) is 30.3 Å². The number of nitrogens with zero attached hydrogens (tertiary/aromatic N) is 1. The molecule has 30 heavy (non-hydrogen) atoms. The molecule has 0 radical (unpaired) electrons. The molecule has 2 aromatic carbocycles. The molecular weight excluding hydrogens is 388 g/mol. The Morgan fingerprint density at radius 1 is 1.17 bits per heavy atom. The second-order valence-corrected chi connectivity index (χ2v) is 6.71. The van der Waals surface area contributed by atoms with E-state index in [-0.39, 0.29) is 30.8 Å². The fraction of sp³-hybridized carbons (Fsp3) is 0.286. The lowest BCUT2D eigenvalue weighted by Gasteiger charge is -2.35. The highest BCUT2D eigenvalue weighted by molar-refractivity contribution is 5.97. The van der Waals surface area contributed by atoms with Crippen LogP contribution in [-0.2, 0) is 14.4 Å². The van der Waals surface area contributed by atoms with E-state index in [0.717, 1.165) is 5.69 Å². The van der Waals surface area contributed by atoms with Crippen LogP contribution in [0.1, 0.15) is 6.92 Å². The Morgan fingerprint density at radius 3 is 2.63 bits per heavy atom. The summed E-state index contributed by atoms with van der Waals surface area (Å²) in [5, 5.41) is 8.06. The zero-order valence-electron chi connectivity index (χ0n) is 17.0. The van der Waals surface area contributed by atoms with Gasteiger partial charge in [0.1, 0.15) is 11.5 Å². The van der Waals surface area contributed by atoms with Crippen LogP contribution in [-0.4, -0.2) is 51.1 Å². The van der Waals surface area contributed by atoms with Crippen molar-refractivity contribution < 1.29 is 23.9 Å². The molecule has 2 aromatic rings. The van der Waals surface area contributed by atoms with Crippen LogP contribution in [0.5, 0.6) is 11.5 Å². The predicted molar refractivity (Wildman–Crippen MR) is 113 cm³/mol. The average molecular weight is 412 g/mol. The van der Waals surface area contributed by atoms with Gasteiger partial charge < -0.3 is 30.3 Å². The summed E-state index contributed by atoms with van der Waals surface area (Å²) in [5.41, 5.74) is 1.69. The van der Waals surface area contributed by atoms with Crippen molar-refractivity contribution in [3.05, 3.63) is 42.5 Å². The lowest BCUT2D eigenvalue weighted by atomic mass is 10.1. The molecule has 0 aliphatic carbocycles. The van der Waals surface area contributed by atoms with Crippen LogP contribution in [0.3, 0.4) is 0 Å². The number of fused-ring (bicyclic) bond motifs is 1. The summed E-state index contributed by atoms with van der Waals surface area (Å²) < 4.78 is 11.1. The number of anilines is 3. The minimum Gasteiger partial charge on any atom is -0.495 e. The van der Waals surface area contributed by atoms with Gasteiger partial charge in [0.15, 0.2) is 6.10 Å². The maximum atomic E-state index is 12.8. The molecule has 0 saturated carbocycles. The van der Waals surface area contributed by atoms with E-state index < -0.39 is 6.10 Å². The first-order chi connectivity index (χ1) is 14.4. The van der Waals surface area contributed by atoms with Crippen LogP contribution < -0.4 is 30.3 Å². The topological polar surface area (TPSA) is 109 Å². The lowest BCUT2D eigenvalue weighted by molar-refractivity contribution is -0.127. The molecule has 1 atom stereocenters. The monoisotopic (exact) mass is 412 g/mol. The smallest absolute Gasteiger partial charge is 0.262 e. The largest absolute Gasteiger partial charge is 0.495 e. The number of nitrogens with one attached hydrogen (secondary N) is 3. The minimum atomic E-state index is -0.727. The third kappa shape index (κ3) is 4.80. The molecular formula is C21H24N4O5. The Kier molecular flexibility index (Phi) is 6.41. The Bertz CT molecular complexity index is 962. The number of benzene rings is 2. The van der Waals surface area contributed by atoms with Gasteiger partial charge >= 0.3 is 0 Å². The second kappa shape index (κ2) is 9.17. The molecule has 3 amide bonds. The quantitative estimate of drug-likeness (QED) is 0.665. The number of carbonyl (C=O) groups excluding carboxylic acids is 3. The first kappa shape index (κ1) is 21.0. The van der Waals surface area contributed by atoms with Crippen LogP contribution in [0.2, 0.25) is 0 Å². The van der Waals surface area contributed by atoms with E-state index in [1.54, 1.807) is 29.2 Å². The molecule has 158 valence electrons. The highest BCUT2D eigenvalue weighted by Crippen LogP contribution is 2.33. The van der Waals surface area contributed by atoms with Crippen molar-refractivity contribution in [1.82, 2.24) is 5.32 Å². The highest BCUT2D eigenvalue weighted by Gasteiger charge is 2.31. The first-order valence-electron chi connectivity index (χ1n) is 9.39. The number of likely N-dealkylation sites (N-methyl/N-ethyl adjacent to an activating group) is 1. The Hall–Kier alpha value is -3.75. The number of ether oxygens (including phenoxy) is 2. The zero-order chi connectivity index (χ0) is 21.7. The van der Waals surface area contributed by atoms with Crippen molar-refractivity contribution in [2.24, 2.45) is 0 Å². The maximum absolute atomic E-state index is 12.8. The van der Waals surface area contributed by atoms with Gasteiger partial charge in [-0.2, -0.15) is 0 Å². The second-order valence-electron chi connectivity index (χ2n) is 6.71. The lowest BCUT2D eigenvalue weighted by Crippen LogP contribution is -2.50. The van der Waals surface area contributed by atoms with Crippen LogP contribution in [0.4, 0.5) is 17.1 Å². The standard InChI is InChI=1S/C21H24N4O5/c1-13(26)23-14-8-9-17(29-3)15(10-14)24-20(27)12-25-11-19(21(28)22-2)30-18-7-5-4-6-16(18)25/h4-10,19H,11-12H2,1-3H3,(H,22,28)(H,23,26)(H,24,27). The number of rotatable bonds is 6. The maximum Gasteiger partial charge on any atom is 0.262 e. The number of amides is 3. The van der Waals surface area contributed by atoms with Gasteiger partial charge in [0, 0.05) is 19.7 Å². The number of carbonyl (C=O) groups is 3. The van der Waals surface area contributed by atoms with Gasteiger partial charge in [-0.15, -0.1) is 0 Å². The van der Waals surface area contributed by atoms with E-state index in [2.05, 4.69) is 16.0 Å². The Morgan fingerprint density at radius 2 is 1.93 bits per heavy atom. The first-order valence-corrected chi connectivity index (χ1v) is 9.39. The molecule has 0 saturated heterocycles. The van der Waals surface area contributed by atoms with Gasteiger partial charge in [0.2, 0.25) is 11.8 Å². The molecule has 0 fully saturated rings. The van der Waals surface area contributed by atoms with Crippen LogP contribution in [0.25, 0.3) is 0 Å². The third-order valence-electron chi connectivity index (χ3n) is 4.53. The fourth-order valence-electron chi connectivity index (χ4n) is 3.20. The molecule has 1 heterocycles. The van der Waals surface area contributed by atoms with E-state index >= 15 is 0 Å². The van der Waals surface area contributed by atoms with E-state index in [1.807, 2.05) is 18.2 Å². The van der Waals surface area contributed by atoms with Crippen molar-refractivity contribution in [2.75, 3.05) is 42.8 Å². The van der Waals surface area contributed by atoms with Gasteiger partial charge in [0.05, 0.1) is 31.6 Å². The predicted octanol–water partition coefficient (Wildman–Crippen LogP) is 1.61.